The molecule has 0 radical (unpaired) electrons. The van der Waals surface area contributed by atoms with Gasteiger partial charge < -0.3 is 5.32 Å². The summed E-state index contributed by atoms with van der Waals surface area (Å²) in [4.78, 5) is 13.3. The fourth-order valence-corrected chi connectivity index (χ4v) is 4.98. The number of carbonyl (C=O) groups excluding carboxylic acids is 1. The molecule has 4 rings (SSSR count). The summed E-state index contributed by atoms with van der Waals surface area (Å²) < 4.78 is 3.16. The maximum absolute atomic E-state index is 12.1. The predicted octanol–water partition coefficient (Wildman–Crippen LogP) is 4.30. The normalized spacial score (nSPS) is 22.3. The van der Waals surface area contributed by atoms with Gasteiger partial charge in [-0.05, 0) is 40.9 Å². The van der Waals surface area contributed by atoms with E-state index in [4.69, 9.17) is 0 Å². The van der Waals surface area contributed by atoms with E-state index in [1.54, 1.807) is 11.3 Å². The van der Waals surface area contributed by atoms with Crippen LogP contribution in [0.15, 0.2) is 22.1 Å². The zero-order chi connectivity index (χ0) is 14.4. The van der Waals surface area contributed by atoms with E-state index >= 15 is 0 Å². The van der Waals surface area contributed by atoms with Crippen LogP contribution in [0.2, 0.25) is 0 Å². The van der Waals surface area contributed by atoms with Gasteiger partial charge in [0.2, 0.25) is 5.91 Å². The molecule has 1 aliphatic carbocycles. The standard InChI is InChI=1S/C15H16BrN3OS/c16-13-6-5-12(21-13)10-7-14(20)18-15-11(10)8-17-19(15)9-3-1-2-4-9/h5-6,8-10H,1-4,7H2,(H,18,20)/t10-/m0/s1. The molecule has 0 unspecified atom stereocenters. The van der Waals surface area contributed by atoms with Crippen molar-refractivity contribution in [3.8, 4) is 0 Å². The van der Waals surface area contributed by atoms with Crippen molar-refractivity contribution in [3.05, 3.63) is 32.6 Å². The Labute approximate surface area is 135 Å². The number of fused-ring (bicyclic) bond motifs is 1. The van der Waals surface area contributed by atoms with Gasteiger partial charge in [0.15, 0.2) is 0 Å². The Morgan fingerprint density at radius 1 is 1.33 bits per heavy atom. The smallest absolute Gasteiger partial charge is 0.226 e. The van der Waals surface area contributed by atoms with Crippen LogP contribution in [0.25, 0.3) is 0 Å². The van der Waals surface area contributed by atoms with Crippen LogP contribution in [0.4, 0.5) is 5.82 Å². The summed E-state index contributed by atoms with van der Waals surface area (Å²) in [6.07, 6.45) is 7.31. The zero-order valence-corrected chi connectivity index (χ0v) is 13.9. The van der Waals surface area contributed by atoms with E-state index in [1.165, 1.54) is 30.6 Å². The minimum atomic E-state index is 0.0942. The highest BCUT2D eigenvalue weighted by molar-refractivity contribution is 9.11. The number of hydrogen-bond acceptors (Lipinski definition) is 3. The molecule has 6 heteroatoms. The molecular weight excluding hydrogens is 350 g/mol. The Bertz CT molecular complexity index is 687. The summed E-state index contributed by atoms with van der Waals surface area (Å²) >= 11 is 5.21. The molecule has 1 saturated carbocycles. The van der Waals surface area contributed by atoms with Crippen LogP contribution in [-0.2, 0) is 4.79 Å². The molecule has 1 aliphatic heterocycles. The minimum Gasteiger partial charge on any atom is -0.311 e. The van der Waals surface area contributed by atoms with Crippen LogP contribution in [0.3, 0.4) is 0 Å². The summed E-state index contributed by atoms with van der Waals surface area (Å²) in [6, 6.07) is 4.60. The zero-order valence-electron chi connectivity index (χ0n) is 11.5. The van der Waals surface area contributed by atoms with Gasteiger partial charge in [0, 0.05) is 22.8 Å². The van der Waals surface area contributed by atoms with Crippen molar-refractivity contribution in [3.63, 3.8) is 0 Å². The van der Waals surface area contributed by atoms with Crippen molar-refractivity contribution in [2.75, 3.05) is 5.32 Å². The predicted molar refractivity (Wildman–Crippen MR) is 86.8 cm³/mol. The van der Waals surface area contributed by atoms with Gasteiger partial charge in [-0.3, -0.25) is 4.79 Å². The van der Waals surface area contributed by atoms with Gasteiger partial charge >= 0.3 is 0 Å². The van der Waals surface area contributed by atoms with Crippen LogP contribution in [0.5, 0.6) is 0 Å². The lowest BCUT2D eigenvalue weighted by atomic mass is 9.93. The summed E-state index contributed by atoms with van der Waals surface area (Å²) in [5.74, 6) is 1.16. The average molecular weight is 366 g/mol. The Kier molecular flexibility index (Phi) is 3.38. The molecule has 1 amide bonds. The van der Waals surface area contributed by atoms with E-state index in [-0.39, 0.29) is 11.8 Å². The molecule has 3 heterocycles. The summed E-state index contributed by atoms with van der Waals surface area (Å²) in [6.45, 7) is 0. The average Bonchev–Trinajstić information content (AvgIpc) is 3.16. The van der Waals surface area contributed by atoms with Crippen molar-refractivity contribution >= 4 is 39.0 Å². The summed E-state index contributed by atoms with van der Waals surface area (Å²) in [5.41, 5.74) is 1.16. The third-order valence-electron chi connectivity index (χ3n) is 4.45. The minimum absolute atomic E-state index is 0.0942. The van der Waals surface area contributed by atoms with Crippen molar-refractivity contribution in [2.45, 2.75) is 44.1 Å². The highest BCUT2D eigenvalue weighted by Gasteiger charge is 2.33. The first-order chi connectivity index (χ1) is 10.2. The summed E-state index contributed by atoms with van der Waals surface area (Å²) in [7, 11) is 0. The van der Waals surface area contributed by atoms with E-state index < -0.39 is 0 Å². The van der Waals surface area contributed by atoms with E-state index in [9.17, 15) is 4.79 Å². The van der Waals surface area contributed by atoms with Crippen LogP contribution in [-0.4, -0.2) is 15.7 Å². The number of nitrogens with zero attached hydrogens (tertiary/aromatic N) is 2. The molecule has 0 saturated heterocycles. The van der Waals surface area contributed by atoms with Crippen LogP contribution >= 0.6 is 27.3 Å². The molecule has 4 nitrogen and oxygen atoms in total. The summed E-state index contributed by atoms with van der Waals surface area (Å²) in [5, 5.41) is 7.64. The molecule has 1 atom stereocenters. The number of hydrogen-bond donors (Lipinski definition) is 1. The Morgan fingerprint density at radius 2 is 2.14 bits per heavy atom. The van der Waals surface area contributed by atoms with Crippen LogP contribution in [0, 0.1) is 0 Å². The molecule has 2 aliphatic rings. The van der Waals surface area contributed by atoms with Crippen LogP contribution in [0.1, 0.15) is 54.5 Å². The third-order valence-corrected chi connectivity index (χ3v) is 6.19. The Balaban J connectivity index is 1.75. The molecule has 1 fully saturated rings. The number of amides is 1. The lowest BCUT2D eigenvalue weighted by Gasteiger charge is -2.24. The molecule has 110 valence electrons. The van der Waals surface area contributed by atoms with Crippen molar-refractivity contribution in [1.82, 2.24) is 9.78 Å². The first-order valence-electron chi connectivity index (χ1n) is 7.35. The first-order valence-corrected chi connectivity index (χ1v) is 8.96. The van der Waals surface area contributed by atoms with E-state index in [0.717, 1.165) is 15.2 Å². The van der Waals surface area contributed by atoms with Crippen molar-refractivity contribution in [2.24, 2.45) is 0 Å². The van der Waals surface area contributed by atoms with Crippen molar-refractivity contribution in [1.29, 1.82) is 0 Å². The number of aromatic nitrogens is 2. The molecule has 0 aromatic carbocycles. The molecule has 21 heavy (non-hydrogen) atoms. The molecular formula is C15H16BrN3OS. The van der Waals surface area contributed by atoms with Gasteiger partial charge in [0.05, 0.1) is 16.0 Å². The fraction of sp³-hybridized carbons (Fsp3) is 0.467. The van der Waals surface area contributed by atoms with E-state index in [1.807, 2.05) is 12.3 Å². The highest BCUT2D eigenvalue weighted by atomic mass is 79.9. The lowest BCUT2D eigenvalue weighted by Crippen LogP contribution is -2.25. The van der Waals surface area contributed by atoms with E-state index in [0.29, 0.717) is 12.5 Å². The quantitative estimate of drug-likeness (QED) is 0.862. The molecule has 0 spiro atoms. The van der Waals surface area contributed by atoms with Gasteiger partial charge in [0.1, 0.15) is 5.82 Å². The second kappa shape index (κ2) is 5.25. The lowest BCUT2D eigenvalue weighted by molar-refractivity contribution is -0.116. The maximum Gasteiger partial charge on any atom is 0.226 e. The van der Waals surface area contributed by atoms with Gasteiger partial charge in [0.25, 0.3) is 0 Å². The second-order valence-corrected chi connectivity index (χ2v) is 8.27. The fourth-order valence-electron chi connectivity index (χ4n) is 3.43. The van der Waals surface area contributed by atoms with Gasteiger partial charge in [-0.15, -0.1) is 11.3 Å². The number of carbonyl (C=O) groups is 1. The first kappa shape index (κ1) is 13.5. The highest BCUT2D eigenvalue weighted by Crippen LogP contribution is 2.43. The third kappa shape index (κ3) is 2.34. The number of anilines is 1. The largest absolute Gasteiger partial charge is 0.311 e. The number of rotatable bonds is 2. The van der Waals surface area contributed by atoms with Gasteiger partial charge in [-0.1, -0.05) is 12.8 Å². The molecule has 0 bridgehead atoms. The van der Waals surface area contributed by atoms with Crippen molar-refractivity contribution < 1.29 is 4.79 Å². The van der Waals surface area contributed by atoms with Crippen LogP contribution < -0.4 is 5.32 Å². The Morgan fingerprint density at radius 3 is 2.86 bits per heavy atom. The number of nitrogens with one attached hydrogen (secondary N) is 1. The number of thiophene rings is 1. The van der Waals surface area contributed by atoms with Gasteiger partial charge in [-0.25, -0.2) is 4.68 Å². The monoisotopic (exact) mass is 365 g/mol. The SMILES string of the molecule is O=C1C[C@H](c2ccc(Br)s2)c2cnn(C3CCCC3)c2N1. The molecule has 2 aromatic heterocycles. The molecule has 1 N–H and O–H groups in total. The van der Waals surface area contributed by atoms with Gasteiger partial charge in [-0.2, -0.15) is 5.10 Å². The molecule has 2 aromatic rings. The maximum atomic E-state index is 12.1. The Hall–Kier alpha value is -1.14. The van der Waals surface area contributed by atoms with E-state index in [2.05, 4.69) is 37.1 Å². The second-order valence-electron chi connectivity index (χ2n) is 5.78. The topological polar surface area (TPSA) is 46.9 Å². The number of halogens is 1.